The second-order valence-electron chi connectivity index (χ2n) is 8.65. The van der Waals surface area contributed by atoms with E-state index in [0.717, 1.165) is 30.8 Å². The summed E-state index contributed by atoms with van der Waals surface area (Å²) in [5, 5.41) is 7.56. The molecule has 0 unspecified atom stereocenters. The number of hydrogen-bond acceptors (Lipinski definition) is 7. The third-order valence-corrected chi connectivity index (χ3v) is 7.81. The quantitative estimate of drug-likeness (QED) is 0.551. The molecule has 0 bridgehead atoms. The van der Waals surface area contributed by atoms with Gasteiger partial charge >= 0.3 is 12.0 Å². The number of piperidine rings is 2. The molecular weight excluding hydrogens is 430 g/mol. The Kier molecular flexibility index (Phi) is 6.82. The molecule has 1 aromatic rings. The molecular formula is C22H31N5O4S. The molecule has 3 aliphatic heterocycles. The summed E-state index contributed by atoms with van der Waals surface area (Å²) < 4.78 is 5.05. The lowest BCUT2D eigenvalue weighted by atomic mass is 9.83. The Labute approximate surface area is 191 Å². The number of hydrogen-bond donors (Lipinski definition) is 3. The van der Waals surface area contributed by atoms with Crippen molar-refractivity contribution in [1.82, 2.24) is 20.4 Å². The maximum atomic E-state index is 12.7. The van der Waals surface area contributed by atoms with E-state index in [1.807, 2.05) is 17.5 Å². The van der Waals surface area contributed by atoms with Gasteiger partial charge in [0.25, 0.3) is 0 Å². The van der Waals surface area contributed by atoms with Gasteiger partial charge in [0.15, 0.2) is 0 Å². The summed E-state index contributed by atoms with van der Waals surface area (Å²) in [5.41, 5.74) is 6.25. The zero-order valence-electron chi connectivity index (χ0n) is 18.4. The minimum atomic E-state index is -0.604. The van der Waals surface area contributed by atoms with Crippen LogP contribution in [-0.2, 0) is 14.3 Å². The zero-order chi connectivity index (χ0) is 22.7. The molecule has 1 aromatic heterocycles. The molecule has 0 radical (unpaired) electrons. The number of thiophene rings is 1. The SMILES string of the molecule is COC(=O)C1=C(CN2CCC(C(N)=O)(N3CCCCC3)CC2)NC(=O)N[C@H]1c1cccs1. The normalized spacial score (nSPS) is 24.5. The number of carbonyl (C=O) groups excluding carboxylic acids is 3. The highest BCUT2D eigenvalue weighted by molar-refractivity contribution is 7.10. The Morgan fingerprint density at radius 3 is 2.53 bits per heavy atom. The molecule has 4 rings (SSSR count). The van der Waals surface area contributed by atoms with Crippen LogP contribution >= 0.6 is 11.3 Å². The number of nitrogens with zero attached hydrogens (tertiary/aromatic N) is 2. The van der Waals surface area contributed by atoms with Crippen molar-refractivity contribution in [2.75, 3.05) is 39.8 Å². The lowest BCUT2D eigenvalue weighted by molar-refractivity contribution is -0.136. The molecule has 0 spiro atoms. The van der Waals surface area contributed by atoms with Gasteiger partial charge in [-0.25, -0.2) is 9.59 Å². The van der Waals surface area contributed by atoms with Gasteiger partial charge in [-0.05, 0) is 50.2 Å². The van der Waals surface area contributed by atoms with Crippen LogP contribution in [0.4, 0.5) is 4.79 Å². The van der Waals surface area contributed by atoms with E-state index < -0.39 is 17.6 Å². The fourth-order valence-corrected chi connectivity index (χ4v) is 5.89. The summed E-state index contributed by atoms with van der Waals surface area (Å²) in [6, 6.07) is 2.89. The van der Waals surface area contributed by atoms with Crippen molar-refractivity contribution < 1.29 is 19.1 Å². The predicted octanol–water partition coefficient (Wildman–Crippen LogP) is 1.33. The van der Waals surface area contributed by atoms with Gasteiger partial charge < -0.3 is 21.1 Å². The molecule has 2 saturated heterocycles. The Morgan fingerprint density at radius 1 is 1.22 bits per heavy atom. The molecule has 2 fully saturated rings. The van der Waals surface area contributed by atoms with Crippen molar-refractivity contribution in [2.24, 2.45) is 5.73 Å². The maximum absolute atomic E-state index is 12.7. The highest BCUT2D eigenvalue weighted by Gasteiger charge is 2.45. The van der Waals surface area contributed by atoms with Crippen molar-refractivity contribution in [3.8, 4) is 0 Å². The smallest absolute Gasteiger partial charge is 0.338 e. The highest BCUT2D eigenvalue weighted by Crippen LogP contribution is 2.34. The molecule has 3 aliphatic rings. The van der Waals surface area contributed by atoms with Crippen LogP contribution in [0.15, 0.2) is 28.8 Å². The van der Waals surface area contributed by atoms with Crippen LogP contribution in [0.3, 0.4) is 0 Å². The first kappa shape index (κ1) is 22.8. The van der Waals surface area contributed by atoms with E-state index in [4.69, 9.17) is 10.5 Å². The van der Waals surface area contributed by atoms with Gasteiger partial charge in [-0.2, -0.15) is 0 Å². The van der Waals surface area contributed by atoms with Crippen LogP contribution in [0.2, 0.25) is 0 Å². The second kappa shape index (κ2) is 9.60. The Hall–Kier alpha value is -2.43. The number of likely N-dealkylation sites (tertiary alicyclic amines) is 2. The molecule has 3 amide bonds. The molecule has 0 aliphatic carbocycles. The van der Waals surface area contributed by atoms with Gasteiger partial charge in [-0.3, -0.25) is 14.6 Å². The summed E-state index contributed by atoms with van der Waals surface area (Å²) in [6.45, 7) is 3.53. The lowest BCUT2D eigenvalue weighted by Gasteiger charge is -2.48. The molecule has 0 saturated carbocycles. The van der Waals surface area contributed by atoms with Gasteiger partial charge in [0.2, 0.25) is 5.91 Å². The fourth-order valence-electron chi connectivity index (χ4n) is 5.11. The number of nitrogens with one attached hydrogen (secondary N) is 2. The average molecular weight is 462 g/mol. The van der Waals surface area contributed by atoms with Gasteiger partial charge in [-0.15, -0.1) is 11.3 Å². The summed E-state index contributed by atoms with van der Waals surface area (Å²) >= 11 is 1.48. The number of nitrogens with two attached hydrogens (primary N) is 1. The molecule has 1 atom stereocenters. The molecule has 4 heterocycles. The van der Waals surface area contributed by atoms with E-state index >= 15 is 0 Å². The fraction of sp³-hybridized carbons (Fsp3) is 0.591. The molecule has 9 nitrogen and oxygen atoms in total. The largest absolute Gasteiger partial charge is 0.466 e. The third kappa shape index (κ3) is 4.39. The van der Waals surface area contributed by atoms with E-state index in [1.54, 1.807) is 0 Å². The zero-order valence-corrected chi connectivity index (χ0v) is 19.2. The molecule has 32 heavy (non-hydrogen) atoms. The number of carbonyl (C=O) groups is 3. The van der Waals surface area contributed by atoms with E-state index in [1.165, 1.54) is 24.9 Å². The average Bonchev–Trinajstić information content (AvgIpc) is 3.34. The van der Waals surface area contributed by atoms with Crippen molar-refractivity contribution in [1.29, 1.82) is 0 Å². The summed E-state index contributed by atoms with van der Waals surface area (Å²) in [5.74, 6) is -0.718. The van der Waals surface area contributed by atoms with E-state index in [0.29, 0.717) is 43.7 Å². The Morgan fingerprint density at radius 2 is 1.94 bits per heavy atom. The third-order valence-electron chi connectivity index (χ3n) is 6.87. The van der Waals surface area contributed by atoms with Gasteiger partial charge in [-0.1, -0.05) is 12.5 Å². The maximum Gasteiger partial charge on any atom is 0.338 e. The number of primary amides is 1. The number of esters is 1. The topological polar surface area (TPSA) is 117 Å². The van der Waals surface area contributed by atoms with Crippen LogP contribution in [0, 0.1) is 0 Å². The summed E-state index contributed by atoms with van der Waals surface area (Å²) in [6.07, 6.45) is 4.67. The first-order valence-corrected chi connectivity index (χ1v) is 12.0. The number of ether oxygens (including phenoxy) is 1. The monoisotopic (exact) mass is 461 g/mol. The highest BCUT2D eigenvalue weighted by atomic mass is 32.1. The minimum absolute atomic E-state index is 0.249. The van der Waals surface area contributed by atoms with Crippen molar-refractivity contribution in [3.05, 3.63) is 33.7 Å². The number of rotatable bonds is 6. The molecule has 10 heteroatoms. The van der Waals surface area contributed by atoms with Gasteiger partial charge in [0.1, 0.15) is 5.54 Å². The lowest BCUT2D eigenvalue weighted by Crippen LogP contribution is -2.63. The van der Waals surface area contributed by atoms with Crippen molar-refractivity contribution in [3.63, 3.8) is 0 Å². The van der Waals surface area contributed by atoms with E-state index in [2.05, 4.69) is 20.4 Å². The second-order valence-corrected chi connectivity index (χ2v) is 9.63. The number of amides is 3. The molecule has 174 valence electrons. The summed E-state index contributed by atoms with van der Waals surface area (Å²) in [4.78, 5) is 42.9. The Bertz CT molecular complexity index is 886. The van der Waals surface area contributed by atoms with Crippen LogP contribution in [-0.4, -0.2) is 73.1 Å². The first-order chi connectivity index (χ1) is 15.4. The first-order valence-electron chi connectivity index (χ1n) is 11.1. The van der Waals surface area contributed by atoms with Crippen LogP contribution < -0.4 is 16.4 Å². The molecule has 4 N–H and O–H groups in total. The van der Waals surface area contributed by atoms with Gasteiger partial charge in [0, 0.05) is 30.2 Å². The number of urea groups is 1. The van der Waals surface area contributed by atoms with Gasteiger partial charge in [0.05, 0.1) is 18.7 Å². The van der Waals surface area contributed by atoms with Crippen LogP contribution in [0.5, 0.6) is 0 Å². The summed E-state index contributed by atoms with van der Waals surface area (Å²) in [7, 11) is 1.34. The minimum Gasteiger partial charge on any atom is -0.466 e. The predicted molar refractivity (Wildman–Crippen MR) is 121 cm³/mol. The Balaban J connectivity index is 1.54. The van der Waals surface area contributed by atoms with Crippen molar-refractivity contribution >= 4 is 29.2 Å². The van der Waals surface area contributed by atoms with E-state index in [9.17, 15) is 14.4 Å². The van der Waals surface area contributed by atoms with Crippen LogP contribution in [0.1, 0.15) is 43.0 Å². The standard InChI is InChI=1S/C22H31N5O4S/c1-31-19(28)17-15(24-21(30)25-18(17)16-6-5-13-32-16)14-26-11-7-22(8-12-26,20(23)29)27-9-3-2-4-10-27/h5-6,13,18H,2-4,7-12,14H2,1H3,(H2,23,29)(H2,24,25,30)/t18-/m0/s1. The van der Waals surface area contributed by atoms with E-state index in [-0.39, 0.29) is 11.9 Å². The van der Waals surface area contributed by atoms with Crippen LogP contribution in [0.25, 0.3) is 0 Å². The number of methoxy groups -OCH3 is 1. The van der Waals surface area contributed by atoms with Crippen molar-refractivity contribution in [2.45, 2.75) is 43.7 Å². The molecule has 0 aromatic carbocycles.